The van der Waals surface area contributed by atoms with Crippen LogP contribution in [0, 0.1) is 0 Å². The Morgan fingerprint density at radius 2 is 2.00 bits per heavy atom. The molecule has 0 rings (SSSR count). The Balaban J connectivity index is 0. The maximum absolute atomic E-state index is 11.1. The molecule has 0 aromatic carbocycles. The van der Waals surface area contributed by atoms with Gasteiger partial charge in [0.1, 0.15) is 5.78 Å². The molecule has 4 nitrogen and oxygen atoms in total. The summed E-state index contributed by atoms with van der Waals surface area (Å²) in [4.78, 5) is 21.9. The van der Waals surface area contributed by atoms with Gasteiger partial charge in [-0.1, -0.05) is 12.2 Å². The van der Waals surface area contributed by atoms with Crippen molar-refractivity contribution in [3.05, 3.63) is 12.2 Å². The largest absolute Gasteiger partial charge is 0.466 e. The minimum Gasteiger partial charge on any atom is -0.466 e. The Bertz CT molecular complexity index is 229. The van der Waals surface area contributed by atoms with Gasteiger partial charge in [-0.15, -0.1) is 12.4 Å². The number of ketones is 1. The zero-order chi connectivity index (χ0) is 11.5. The molecule has 0 fully saturated rings. The van der Waals surface area contributed by atoms with Crippen LogP contribution in [0.25, 0.3) is 0 Å². The molecule has 0 amide bonds. The first-order chi connectivity index (χ1) is 7.20. The molecule has 0 saturated carbocycles. The first kappa shape index (κ1) is 17.5. The molecule has 0 heterocycles. The average molecular weight is 250 g/mol. The molecule has 5 heteroatoms. The summed E-state index contributed by atoms with van der Waals surface area (Å²) in [6.45, 7) is 2.36. The second-order valence-corrected chi connectivity index (χ2v) is 3.17. The normalized spacial score (nSPS) is 9.88. The average Bonchev–Trinajstić information content (AvgIpc) is 2.25. The number of carbonyl (C=O) groups is 2. The van der Waals surface area contributed by atoms with E-state index in [4.69, 9.17) is 10.5 Å². The second-order valence-electron chi connectivity index (χ2n) is 3.17. The molecular formula is C11H20ClNO3. The van der Waals surface area contributed by atoms with Crippen molar-refractivity contribution in [1.29, 1.82) is 0 Å². The van der Waals surface area contributed by atoms with E-state index in [1.807, 2.05) is 19.1 Å². The Morgan fingerprint density at radius 1 is 1.31 bits per heavy atom. The standard InChI is InChI=1S/C11H19NO3.ClH/c1-2-3-4-5-8-15-11(14)7-6-10(13)9-12;/h2-3H,4-9,12H2,1H3;1H/b3-2-;. The van der Waals surface area contributed by atoms with Gasteiger partial charge in [0.2, 0.25) is 0 Å². The van der Waals surface area contributed by atoms with Crippen molar-refractivity contribution in [3.8, 4) is 0 Å². The molecule has 0 spiro atoms. The molecule has 0 aliphatic carbocycles. The lowest BCUT2D eigenvalue weighted by Gasteiger charge is -2.02. The van der Waals surface area contributed by atoms with Gasteiger partial charge in [0.05, 0.1) is 19.6 Å². The lowest BCUT2D eigenvalue weighted by Crippen LogP contribution is -2.15. The Kier molecular flexibility index (Phi) is 13.4. The van der Waals surface area contributed by atoms with Crippen LogP contribution in [0.4, 0.5) is 0 Å². The molecule has 0 aliphatic rings. The summed E-state index contributed by atoms with van der Waals surface area (Å²) in [6.07, 6.45) is 6.03. The van der Waals surface area contributed by atoms with E-state index in [0.717, 1.165) is 12.8 Å². The molecule has 0 aliphatic heterocycles. The van der Waals surface area contributed by atoms with Crippen LogP contribution in [0.5, 0.6) is 0 Å². The highest BCUT2D eigenvalue weighted by atomic mass is 35.5. The number of esters is 1. The molecule has 0 aromatic rings. The fourth-order valence-electron chi connectivity index (χ4n) is 0.970. The molecule has 0 aromatic heterocycles. The second kappa shape index (κ2) is 12.2. The van der Waals surface area contributed by atoms with Crippen molar-refractivity contribution in [2.24, 2.45) is 5.73 Å². The van der Waals surface area contributed by atoms with Crippen LogP contribution in [-0.4, -0.2) is 24.9 Å². The number of unbranched alkanes of at least 4 members (excludes halogenated alkanes) is 1. The minimum absolute atomic E-state index is 0. The highest BCUT2D eigenvalue weighted by molar-refractivity contribution is 5.85. The van der Waals surface area contributed by atoms with Crippen LogP contribution in [0.15, 0.2) is 12.2 Å². The van der Waals surface area contributed by atoms with Gasteiger partial charge in [-0.3, -0.25) is 9.59 Å². The Hall–Kier alpha value is -0.870. The quantitative estimate of drug-likeness (QED) is 0.403. The molecule has 94 valence electrons. The highest BCUT2D eigenvalue weighted by Crippen LogP contribution is 1.97. The van der Waals surface area contributed by atoms with Gasteiger partial charge >= 0.3 is 5.97 Å². The molecule has 0 saturated heterocycles. The van der Waals surface area contributed by atoms with E-state index >= 15 is 0 Å². The molecule has 16 heavy (non-hydrogen) atoms. The maximum atomic E-state index is 11.1. The first-order valence-electron chi connectivity index (χ1n) is 5.19. The summed E-state index contributed by atoms with van der Waals surface area (Å²) in [5.74, 6) is -0.432. The lowest BCUT2D eigenvalue weighted by atomic mass is 10.2. The third-order valence-corrected chi connectivity index (χ3v) is 1.85. The van der Waals surface area contributed by atoms with Crippen LogP contribution >= 0.6 is 12.4 Å². The molecule has 0 bridgehead atoms. The summed E-state index contributed by atoms with van der Waals surface area (Å²) in [7, 11) is 0. The SMILES string of the molecule is C/C=C\CCCOC(=O)CCC(=O)CN.Cl. The van der Waals surface area contributed by atoms with E-state index in [-0.39, 0.29) is 43.5 Å². The summed E-state index contributed by atoms with van der Waals surface area (Å²) in [5.41, 5.74) is 5.10. The Morgan fingerprint density at radius 3 is 2.56 bits per heavy atom. The van der Waals surface area contributed by atoms with Crippen molar-refractivity contribution in [3.63, 3.8) is 0 Å². The van der Waals surface area contributed by atoms with Crippen molar-refractivity contribution < 1.29 is 14.3 Å². The predicted molar refractivity (Wildman–Crippen MR) is 65.6 cm³/mol. The van der Waals surface area contributed by atoms with Gasteiger partial charge in [-0.2, -0.15) is 0 Å². The molecule has 0 unspecified atom stereocenters. The lowest BCUT2D eigenvalue weighted by molar-refractivity contribution is -0.144. The smallest absolute Gasteiger partial charge is 0.306 e. The number of allylic oxidation sites excluding steroid dienone is 2. The van der Waals surface area contributed by atoms with Gasteiger partial charge < -0.3 is 10.5 Å². The summed E-state index contributed by atoms with van der Waals surface area (Å²) in [6, 6.07) is 0. The van der Waals surface area contributed by atoms with Crippen molar-refractivity contribution in [2.45, 2.75) is 32.6 Å². The number of hydrogen-bond acceptors (Lipinski definition) is 4. The summed E-state index contributed by atoms with van der Waals surface area (Å²) < 4.78 is 4.92. The van der Waals surface area contributed by atoms with Crippen LogP contribution in [0.3, 0.4) is 0 Å². The fourth-order valence-corrected chi connectivity index (χ4v) is 0.970. The van der Waals surface area contributed by atoms with E-state index in [2.05, 4.69) is 0 Å². The Labute approximate surface area is 103 Å². The molecular weight excluding hydrogens is 230 g/mol. The third-order valence-electron chi connectivity index (χ3n) is 1.85. The van der Waals surface area contributed by atoms with Gasteiger partial charge in [0.25, 0.3) is 0 Å². The zero-order valence-corrected chi connectivity index (χ0v) is 10.4. The fraction of sp³-hybridized carbons (Fsp3) is 0.636. The van der Waals surface area contributed by atoms with Crippen LogP contribution in [0.1, 0.15) is 32.6 Å². The van der Waals surface area contributed by atoms with E-state index in [9.17, 15) is 9.59 Å². The highest BCUT2D eigenvalue weighted by Gasteiger charge is 2.05. The summed E-state index contributed by atoms with van der Waals surface area (Å²) >= 11 is 0. The van der Waals surface area contributed by atoms with Crippen LogP contribution < -0.4 is 5.73 Å². The number of ether oxygens (including phenoxy) is 1. The monoisotopic (exact) mass is 249 g/mol. The predicted octanol–water partition coefficient (Wildman–Crippen LogP) is 1.62. The molecule has 2 N–H and O–H groups in total. The van der Waals surface area contributed by atoms with Crippen LogP contribution in [0.2, 0.25) is 0 Å². The van der Waals surface area contributed by atoms with Gasteiger partial charge in [0, 0.05) is 6.42 Å². The molecule has 0 radical (unpaired) electrons. The van der Waals surface area contributed by atoms with Crippen molar-refractivity contribution >= 4 is 24.2 Å². The van der Waals surface area contributed by atoms with E-state index in [1.54, 1.807) is 0 Å². The van der Waals surface area contributed by atoms with Gasteiger partial charge in [0.15, 0.2) is 0 Å². The van der Waals surface area contributed by atoms with Crippen molar-refractivity contribution in [2.75, 3.05) is 13.2 Å². The van der Waals surface area contributed by atoms with E-state index in [0.29, 0.717) is 6.61 Å². The van der Waals surface area contributed by atoms with Gasteiger partial charge in [-0.25, -0.2) is 0 Å². The van der Waals surface area contributed by atoms with E-state index in [1.165, 1.54) is 0 Å². The topological polar surface area (TPSA) is 69.4 Å². The number of nitrogens with two attached hydrogens (primary N) is 1. The number of Topliss-reactive ketones (excluding diaryl/α,β-unsaturated/α-hetero) is 1. The summed E-state index contributed by atoms with van der Waals surface area (Å²) in [5, 5.41) is 0. The molecule has 0 atom stereocenters. The number of halogens is 1. The van der Waals surface area contributed by atoms with E-state index < -0.39 is 0 Å². The number of rotatable bonds is 8. The van der Waals surface area contributed by atoms with Crippen LogP contribution in [-0.2, 0) is 14.3 Å². The zero-order valence-electron chi connectivity index (χ0n) is 9.61. The number of hydrogen-bond donors (Lipinski definition) is 1. The first-order valence-corrected chi connectivity index (χ1v) is 5.19. The minimum atomic E-state index is -0.322. The third kappa shape index (κ3) is 11.2. The van der Waals surface area contributed by atoms with Crippen molar-refractivity contribution in [1.82, 2.24) is 0 Å². The maximum Gasteiger partial charge on any atom is 0.306 e. The number of carbonyl (C=O) groups excluding carboxylic acids is 2. The van der Waals surface area contributed by atoms with Gasteiger partial charge in [-0.05, 0) is 19.8 Å².